The minimum atomic E-state index is -1.64. The van der Waals surface area contributed by atoms with Gasteiger partial charge in [0, 0.05) is 17.8 Å². The van der Waals surface area contributed by atoms with Crippen LogP contribution in [0.15, 0.2) is 12.1 Å². The zero-order valence-corrected chi connectivity index (χ0v) is 10.1. The van der Waals surface area contributed by atoms with Crippen LogP contribution in [0.1, 0.15) is 12.8 Å². The van der Waals surface area contributed by atoms with Gasteiger partial charge >= 0.3 is 12.0 Å². The lowest BCUT2D eigenvalue weighted by Gasteiger charge is -2.14. The van der Waals surface area contributed by atoms with Gasteiger partial charge in [-0.1, -0.05) is 0 Å². The van der Waals surface area contributed by atoms with E-state index in [4.69, 9.17) is 5.11 Å². The highest BCUT2D eigenvalue weighted by Crippen LogP contribution is 2.32. The molecule has 1 aromatic rings. The number of rotatable bonds is 4. The maximum Gasteiger partial charge on any atom is 0.326 e. The summed E-state index contributed by atoms with van der Waals surface area (Å²) in [6.45, 7) is 0. The number of hydrogen-bond donors (Lipinski definition) is 3. The van der Waals surface area contributed by atoms with Crippen molar-refractivity contribution in [3.8, 4) is 0 Å². The highest BCUT2D eigenvalue weighted by atomic mass is 19.2. The molecule has 1 saturated carbocycles. The summed E-state index contributed by atoms with van der Waals surface area (Å²) >= 11 is 0. The second-order valence-electron chi connectivity index (χ2n) is 4.51. The Kier molecular flexibility index (Phi) is 3.82. The standard InChI is InChI=1S/C12H11F3N2O3/c13-7-3-6(4-8(14)9(7)15)16-12(20)17-10(11(18)19)5-1-2-5/h3-5,10H,1-2H2,(H,18,19)(H2,16,17,20). The van der Waals surface area contributed by atoms with E-state index in [1.807, 2.05) is 0 Å². The SMILES string of the molecule is O=C(Nc1cc(F)c(F)c(F)c1)NC(C(=O)O)C1CC1. The van der Waals surface area contributed by atoms with E-state index in [1.165, 1.54) is 0 Å². The molecule has 1 aromatic carbocycles. The van der Waals surface area contributed by atoms with Gasteiger partial charge in [-0.15, -0.1) is 0 Å². The zero-order valence-electron chi connectivity index (χ0n) is 10.1. The Morgan fingerprint density at radius 2 is 1.75 bits per heavy atom. The van der Waals surface area contributed by atoms with E-state index in [2.05, 4.69) is 10.6 Å². The van der Waals surface area contributed by atoms with Crippen LogP contribution in [0.4, 0.5) is 23.7 Å². The van der Waals surface area contributed by atoms with Gasteiger partial charge in [0.2, 0.25) is 0 Å². The van der Waals surface area contributed by atoms with Crippen LogP contribution in [0.25, 0.3) is 0 Å². The summed E-state index contributed by atoms with van der Waals surface area (Å²) in [7, 11) is 0. The molecule has 0 spiro atoms. The number of hydrogen-bond acceptors (Lipinski definition) is 2. The Morgan fingerprint density at radius 3 is 2.20 bits per heavy atom. The molecule has 108 valence electrons. The average molecular weight is 288 g/mol. The van der Waals surface area contributed by atoms with Gasteiger partial charge in [-0.2, -0.15) is 0 Å². The van der Waals surface area contributed by atoms with Crippen molar-refractivity contribution in [2.45, 2.75) is 18.9 Å². The van der Waals surface area contributed by atoms with E-state index in [0.717, 1.165) is 0 Å². The van der Waals surface area contributed by atoms with Crippen LogP contribution in [0.2, 0.25) is 0 Å². The number of carboxylic acid groups (broad SMARTS) is 1. The molecule has 20 heavy (non-hydrogen) atoms. The van der Waals surface area contributed by atoms with Crippen LogP contribution >= 0.6 is 0 Å². The van der Waals surface area contributed by atoms with E-state index in [9.17, 15) is 22.8 Å². The Labute approximate surface area is 111 Å². The maximum atomic E-state index is 12.9. The molecule has 1 atom stereocenters. The van der Waals surface area contributed by atoms with Gasteiger partial charge in [-0.05, 0) is 18.8 Å². The molecule has 0 radical (unpaired) electrons. The van der Waals surface area contributed by atoms with E-state index >= 15 is 0 Å². The number of amides is 2. The first kappa shape index (κ1) is 14.2. The van der Waals surface area contributed by atoms with Crippen molar-refractivity contribution < 1.29 is 27.9 Å². The largest absolute Gasteiger partial charge is 0.480 e. The number of aliphatic carboxylic acids is 1. The second kappa shape index (κ2) is 5.40. The van der Waals surface area contributed by atoms with Crippen LogP contribution in [-0.2, 0) is 4.79 Å². The second-order valence-corrected chi connectivity index (χ2v) is 4.51. The molecule has 1 unspecified atom stereocenters. The third-order valence-electron chi connectivity index (χ3n) is 2.89. The smallest absolute Gasteiger partial charge is 0.326 e. The van der Waals surface area contributed by atoms with Gasteiger partial charge in [0.15, 0.2) is 17.5 Å². The first-order valence-corrected chi connectivity index (χ1v) is 5.83. The van der Waals surface area contributed by atoms with Crippen LogP contribution in [0.5, 0.6) is 0 Å². The van der Waals surface area contributed by atoms with Gasteiger partial charge in [0.1, 0.15) is 6.04 Å². The lowest BCUT2D eigenvalue weighted by Crippen LogP contribution is -2.44. The Hall–Kier alpha value is -2.25. The monoisotopic (exact) mass is 288 g/mol. The average Bonchev–Trinajstić information content (AvgIpc) is 3.16. The Morgan fingerprint density at radius 1 is 1.20 bits per heavy atom. The lowest BCUT2D eigenvalue weighted by molar-refractivity contribution is -0.139. The van der Waals surface area contributed by atoms with E-state index in [0.29, 0.717) is 25.0 Å². The molecule has 0 aliphatic heterocycles. The molecule has 1 aliphatic carbocycles. The molecular weight excluding hydrogens is 277 g/mol. The predicted octanol–water partition coefficient (Wildman–Crippen LogP) is 2.09. The van der Waals surface area contributed by atoms with Gasteiger partial charge in [0.05, 0.1) is 0 Å². The summed E-state index contributed by atoms with van der Waals surface area (Å²) < 4.78 is 38.6. The Balaban J connectivity index is 2.02. The molecule has 8 heteroatoms. The van der Waals surface area contributed by atoms with Crippen LogP contribution in [0.3, 0.4) is 0 Å². The Bertz CT molecular complexity index is 538. The van der Waals surface area contributed by atoms with Crippen molar-refractivity contribution in [3.63, 3.8) is 0 Å². The number of benzene rings is 1. The summed E-state index contributed by atoms with van der Waals surface area (Å²) in [5.74, 6) is -5.86. The van der Waals surface area contributed by atoms with Crippen LogP contribution in [-0.4, -0.2) is 23.1 Å². The first-order valence-electron chi connectivity index (χ1n) is 5.83. The summed E-state index contributed by atoms with van der Waals surface area (Å²) in [4.78, 5) is 22.5. The molecule has 0 heterocycles. The predicted molar refractivity (Wildman–Crippen MR) is 62.6 cm³/mol. The van der Waals surface area contributed by atoms with E-state index in [-0.39, 0.29) is 11.6 Å². The highest BCUT2D eigenvalue weighted by Gasteiger charge is 2.37. The van der Waals surface area contributed by atoms with Crippen molar-refractivity contribution in [3.05, 3.63) is 29.6 Å². The molecule has 0 aromatic heterocycles. The number of carbonyl (C=O) groups excluding carboxylic acids is 1. The molecule has 3 N–H and O–H groups in total. The molecular formula is C12H11F3N2O3. The summed E-state index contributed by atoms with van der Waals surface area (Å²) in [5, 5.41) is 13.2. The van der Waals surface area contributed by atoms with E-state index in [1.54, 1.807) is 0 Å². The normalized spacial score (nSPS) is 15.6. The van der Waals surface area contributed by atoms with Crippen molar-refractivity contribution in [1.29, 1.82) is 0 Å². The number of carboxylic acids is 1. The molecule has 0 saturated heterocycles. The number of nitrogens with one attached hydrogen (secondary N) is 2. The minimum Gasteiger partial charge on any atom is -0.480 e. The number of urea groups is 1. The van der Waals surface area contributed by atoms with Crippen molar-refractivity contribution in [1.82, 2.24) is 5.32 Å². The zero-order chi connectivity index (χ0) is 14.9. The molecule has 0 bridgehead atoms. The van der Waals surface area contributed by atoms with Gasteiger partial charge < -0.3 is 15.7 Å². The maximum absolute atomic E-state index is 12.9. The molecule has 2 amide bonds. The van der Waals surface area contributed by atoms with Crippen molar-refractivity contribution in [2.24, 2.45) is 5.92 Å². The number of anilines is 1. The van der Waals surface area contributed by atoms with Crippen molar-refractivity contribution in [2.75, 3.05) is 5.32 Å². The summed E-state index contributed by atoms with van der Waals surface area (Å²) in [5.41, 5.74) is -0.307. The first-order chi connectivity index (χ1) is 9.38. The lowest BCUT2D eigenvalue weighted by atomic mass is 10.2. The molecule has 5 nitrogen and oxygen atoms in total. The van der Waals surface area contributed by atoms with Crippen molar-refractivity contribution >= 4 is 17.7 Å². The third kappa shape index (κ3) is 3.19. The fourth-order valence-electron chi connectivity index (χ4n) is 1.75. The summed E-state index contributed by atoms with van der Waals surface area (Å²) in [6, 6.07) is -0.768. The molecule has 1 fully saturated rings. The number of carbonyl (C=O) groups is 2. The molecule has 2 rings (SSSR count). The number of halogens is 3. The highest BCUT2D eigenvalue weighted by molar-refractivity contribution is 5.92. The fraction of sp³-hybridized carbons (Fsp3) is 0.333. The van der Waals surface area contributed by atoms with Gasteiger partial charge in [-0.25, -0.2) is 22.8 Å². The topological polar surface area (TPSA) is 78.4 Å². The van der Waals surface area contributed by atoms with Gasteiger partial charge in [-0.3, -0.25) is 0 Å². The van der Waals surface area contributed by atoms with Crippen LogP contribution < -0.4 is 10.6 Å². The minimum absolute atomic E-state index is 0.139. The molecule has 1 aliphatic rings. The fourth-order valence-corrected chi connectivity index (χ4v) is 1.75. The quantitative estimate of drug-likeness (QED) is 0.742. The van der Waals surface area contributed by atoms with E-state index < -0.39 is 35.5 Å². The summed E-state index contributed by atoms with van der Waals surface area (Å²) in [6.07, 6.45) is 1.38. The van der Waals surface area contributed by atoms with Gasteiger partial charge in [0.25, 0.3) is 0 Å². The van der Waals surface area contributed by atoms with Crippen LogP contribution in [0, 0.1) is 23.4 Å². The third-order valence-corrected chi connectivity index (χ3v) is 2.89.